The number of nitrogen functional groups attached to an aromatic ring is 1. The summed E-state index contributed by atoms with van der Waals surface area (Å²) in [6.45, 7) is 2.68. The van der Waals surface area contributed by atoms with Crippen LogP contribution in [0.4, 0.5) is 18.9 Å². The second kappa shape index (κ2) is 11.3. The van der Waals surface area contributed by atoms with Crippen molar-refractivity contribution in [1.29, 1.82) is 5.41 Å². The van der Waals surface area contributed by atoms with Crippen LogP contribution in [0.5, 0.6) is 5.75 Å². The van der Waals surface area contributed by atoms with Crippen molar-refractivity contribution in [2.45, 2.75) is 39.1 Å². The molecule has 38 heavy (non-hydrogen) atoms. The van der Waals surface area contributed by atoms with Crippen LogP contribution in [-0.4, -0.2) is 59.8 Å². The number of nitrogens with zero attached hydrogens (tertiary/aromatic N) is 2. The average Bonchev–Trinajstić information content (AvgIpc) is 2.94. The van der Waals surface area contributed by atoms with E-state index in [0.717, 1.165) is 4.90 Å². The second-order valence-corrected chi connectivity index (χ2v) is 8.68. The monoisotopic (exact) mass is 534 g/mol. The Hall–Kier alpha value is -4.42. The lowest BCUT2D eigenvalue weighted by Gasteiger charge is -2.26. The van der Waals surface area contributed by atoms with Crippen molar-refractivity contribution in [3.63, 3.8) is 0 Å². The van der Waals surface area contributed by atoms with Gasteiger partial charge in [0.25, 0.3) is 5.91 Å². The normalized spacial score (nSPS) is 13.7. The van der Waals surface area contributed by atoms with Gasteiger partial charge in [0.1, 0.15) is 24.7 Å². The van der Waals surface area contributed by atoms with Crippen molar-refractivity contribution in [1.82, 2.24) is 4.90 Å². The van der Waals surface area contributed by atoms with Gasteiger partial charge in [0.05, 0.1) is 17.7 Å². The van der Waals surface area contributed by atoms with Crippen molar-refractivity contribution in [2.24, 2.45) is 5.73 Å². The predicted molar refractivity (Wildman–Crippen MR) is 129 cm³/mol. The highest BCUT2D eigenvalue weighted by molar-refractivity contribution is 6.10. The highest BCUT2D eigenvalue weighted by Crippen LogP contribution is 2.31. The fourth-order valence-electron chi connectivity index (χ4n) is 3.78. The molecule has 1 aliphatic heterocycles. The Morgan fingerprint density at radius 3 is 2.47 bits per heavy atom. The molecule has 2 aromatic carbocycles. The number of carbonyl (C=O) groups is 4. The zero-order valence-corrected chi connectivity index (χ0v) is 20.5. The van der Waals surface area contributed by atoms with Crippen LogP contribution in [-0.2, 0) is 25.7 Å². The molecule has 13 heteroatoms. The van der Waals surface area contributed by atoms with Crippen LogP contribution in [0.1, 0.15) is 41.8 Å². The van der Waals surface area contributed by atoms with Crippen LogP contribution in [0.2, 0.25) is 0 Å². The molecule has 0 unspecified atom stereocenters. The van der Waals surface area contributed by atoms with Gasteiger partial charge in [-0.2, -0.15) is 13.2 Å². The van der Waals surface area contributed by atoms with Gasteiger partial charge in [-0.1, -0.05) is 18.2 Å². The number of nitrogens with two attached hydrogens (primary N) is 1. The number of nitrogens with one attached hydrogen (secondary N) is 1. The summed E-state index contributed by atoms with van der Waals surface area (Å²) in [7, 11) is 0. The molecule has 2 amide bonds. The predicted octanol–water partition coefficient (Wildman–Crippen LogP) is 2.77. The number of fused-ring (bicyclic) bond motifs is 1. The van der Waals surface area contributed by atoms with Gasteiger partial charge < -0.3 is 25.0 Å². The van der Waals surface area contributed by atoms with E-state index in [1.807, 2.05) is 0 Å². The third kappa shape index (κ3) is 6.66. The van der Waals surface area contributed by atoms with E-state index in [1.54, 1.807) is 50.2 Å². The number of hydrogen-bond acceptors (Lipinski definition) is 7. The number of amidine groups is 1. The van der Waals surface area contributed by atoms with Crippen molar-refractivity contribution < 1.29 is 41.8 Å². The Morgan fingerprint density at radius 2 is 1.84 bits per heavy atom. The Morgan fingerprint density at radius 1 is 1.13 bits per heavy atom. The Balaban J connectivity index is 1.82. The molecule has 0 aromatic heterocycles. The van der Waals surface area contributed by atoms with Crippen molar-refractivity contribution in [2.75, 3.05) is 18.0 Å². The number of ether oxygens (including phenoxy) is 2. The van der Waals surface area contributed by atoms with Crippen molar-refractivity contribution in [3.05, 3.63) is 59.2 Å². The van der Waals surface area contributed by atoms with Crippen LogP contribution < -0.4 is 15.4 Å². The van der Waals surface area contributed by atoms with Gasteiger partial charge >= 0.3 is 18.1 Å². The lowest BCUT2D eigenvalue weighted by atomic mass is 10.1. The van der Waals surface area contributed by atoms with E-state index in [1.165, 1.54) is 11.0 Å². The van der Waals surface area contributed by atoms with Gasteiger partial charge in [-0.15, -0.1) is 0 Å². The number of alkyl halides is 3. The van der Waals surface area contributed by atoms with Gasteiger partial charge in [-0.25, -0.2) is 4.79 Å². The highest BCUT2D eigenvalue weighted by atomic mass is 19.4. The smallest absolute Gasteiger partial charge is 0.489 e. The maximum atomic E-state index is 13.3. The molecule has 0 radical (unpaired) electrons. The van der Waals surface area contributed by atoms with E-state index in [9.17, 15) is 32.3 Å². The second-order valence-electron chi connectivity index (χ2n) is 8.68. The van der Waals surface area contributed by atoms with Crippen LogP contribution in [0.3, 0.4) is 0 Å². The van der Waals surface area contributed by atoms with Gasteiger partial charge in [0, 0.05) is 18.2 Å². The van der Waals surface area contributed by atoms with Gasteiger partial charge in [-0.3, -0.25) is 19.8 Å². The zero-order chi connectivity index (χ0) is 28.2. The summed E-state index contributed by atoms with van der Waals surface area (Å²) in [6.07, 6.45) is -6.08. The summed E-state index contributed by atoms with van der Waals surface area (Å²) < 4.78 is 46.6. The number of esters is 2. The average molecular weight is 534 g/mol. The lowest BCUT2D eigenvalue weighted by molar-refractivity contribution is -0.201. The summed E-state index contributed by atoms with van der Waals surface area (Å²) in [5.41, 5.74) is 7.13. The molecule has 0 aliphatic carbocycles. The molecule has 3 N–H and O–H groups in total. The van der Waals surface area contributed by atoms with E-state index in [4.69, 9.17) is 15.9 Å². The molecule has 0 fully saturated rings. The van der Waals surface area contributed by atoms with E-state index in [2.05, 4.69) is 4.74 Å². The molecular formula is C25H25F3N4O6. The largest absolute Gasteiger partial charge is 0.491 e. The summed E-state index contributed by atoms with van der Waals surface area (Å²) in [5.74, 6) is -5.08. The summed E-state index contributed by atoms with van der Waals surface area (Å²) in [6, 6.07) is 11.1. The van der Waals surface area contributed by atoms with E-state index < -0.39 is 49.4 Å². The quantitative estimate of drug-likeness (QED) is 0.229. The van der Waals surface area contributed by atoms with Gasteiger partial charge in [-0.05, 0) is 43.7 Å². The van der Waals surface area contributed by atoms with Gasteiger partial charge in [0.2, 0.25) is 5.91 Å². The number of halogens is 3. The van der Waals surface area contributed by atoms with E-state index in [-0.39, 0.29) is 24.0 Å². The fraction of sp³-hybridized carbons (Fsp3) is 0.320. The van der Waals surface area contributed by atoms with Crippen LogP contribution in [0.15, 0.2) is 42.5 Å². The van der Waals surface area contributed by atoms with Crippen LogP contribution in [0, 0.1) is 5.41 Å². The van der Waals surface area contributed by atoms with E-state index in [0.29, 0.717) is 22.6 Å². The molecule has 202 valence electrons. The number of hydrogen-bond donors (Lipinski definition) is 2. The third-order valence-corrected chi connectivity index (χ3v) is 5.52. The minimum atomic E-state index is -5.34. The molecule has 1 heterocycles. The Labute approximate surface area is 215 Å². The topological polar surface area (TPSA) is 143 Å². The van der Waals surface area contributed by atoms with E-state index >= 15 is 0 Å². The Kier molecular flexibility index (Phi) is 8.39. The number of rotatable bonds is 8. The molecule has 0 spiro atoms. The SMILES string of the molecule is CC(C)N1C(=O)CN(CCC(=O)OC(=O)C(F)(F)F)C(=O)c2cc(OCc3cccc(C(=N)N)c3)ccc21. The van der Waals surface area contributed by atoms with Crippen molar-refractivity contribution in [3.8, 4) is 5.75 Å². The summed E-state index contributed by atoms with van der Waals surface area (Å²) in [5, 5.41) is 7.55. The first-order chi connectivity index (χ1) is 17.8. The number of anilines is 1. The highest BCUT2D eigenvalue weighted by Gasteiger charge is 2.42. The molecular weight excluding hydrogens is 509 g/mol. The first-order valence-corrected chi connectivity index (χ1v) is 11.4. The number of benzene rings is 2. The molecule has 3 rings (SSSR count). The number of amides is 2. The Bertz CT molecular complexity index is 1280. The van der Waals surface area contributed by atoms with Gasteiger partial charge in [0.15, 0.2) is 0 Å². The minimum absolute atomic E-state index is 0.0827. The standard InChI is InChI=1S/C25H25F3N4O6/c1-14(2)32-19-7-6-17(37-13-15-4-3-5-16(10-15)22(29)30)11-18(19)23(35)31(12-20(32)33)9-8-21(34)38-24(36)25(26,27)28/h3-7,10-11,14H,8-9,12-13H2,1-2H3,(H3,29,30). The summed E-state index contributed by atoms with van der Waals surface area (Å²) >= 11 is 0. The third-order valence-electron chi connectivity index (χ3n) is 5.52. The molecule has 0 saturated heterocycles. The fourth-order valence-corrected chi connectivity index (χ4v) is 3.78. The molecule has 10 nitrogen and oxygen atoms in total. The first kappa shape index (κ1) is 28.2. The van der Waals surface area contributed by atoms with Crippen LogP contribution >= 0.6 is 0 Å². The molecule has 0 atom stereocenters. The minimum Gasteiger partial charge on any atom is -0.489 e. The number of carbonyl (C=O) groups excluding carboxylic acids is 4. The molecule has 0 saturated carbocycles. The molecule has 2 aromatic rings. The van der Waals surface area contributed by atoms with Crippen molar-refractivity contribution >= 4 is 35.3 Å². The van der Waals surface area contributed by atoms with Crippen LogP contribution in [0.25, 0.3) is 0 Å². The summed E-state index contributed by atoms with van der Waals surface area (Å²) in [4.78, 5) is 51.4. The lowest BCUT2D eigenvalue weighted by Crippen LogP contribution is -2.43. The zero-order valence-electron chi connectivity index (χ0n) is 20.5. The maximum Gasteiger partial charge on any atom is 0.491 e. The molecule has 0 bridgehead atoms. The molecule has 1 aliphatic rings. The first-order valence-electron chi connectivity index (χ1n) is 11.4. The maximum absolute atomic E-state index is 13.3.